The number of aromatic hydroxyl groups is 3. The van der Waals surface area contributed by atoms with Crippen molar-refractivity contribution in [3.63, 3.8) is 0 Å². The molecule has 3 aromatic rings. The SMILES string of the molecule is COC(=O)c1ccc(-c2nnc(-c3cc(O)c(O)c(O)c3)o2)cc1. The van der Waals surface area contributed by atoms with Crippen LogP contribution in [0.4, 0.5) is 0 Å². The van der Waals surface area contributed by atoms with Crippen molar-refractivity contribution in [1.82, 2.24) is 10.2 Å². The van der Waals surface area contributed by atoms with Gasteiger partial charge in [-0.3, -0.25) is 0 Å². The lowest BCUT2D eigenvalue weighted by Crippen LogP contribution is -2.00. The molecule has 0 radical (unpaired) electrons. The molecule has 0 saturated carbocycles. The first-order valence-corrected chi connectivity index (χ1v) is 6.77. The van der Waals surface area contributed by atoms with Crippen LogP contribution in [0.25, 0.3) is 22.9 Å². The topological polar surface area (TPSA) is 126 Å². The number of carbonyl (C=O) groups excluding carboxylic acids is 1. The van der Waals surface area contributed by atoms with E-state index in [1.165, 1.54) is 19.2 Å². The fourth-order valence-electron chi connectivity index (χ4n) is 2.05. The van der Waals surface area contributed by atoms with E-state index >= 15 is 0 Å². The molecule has 1 heterocycles. The molecule has 0 fully saturated rings. The van der Waals surface area contributed by atoms with E-state index in [2.05, 4.69) is 14.9 Å². The average Bonchev–Trinajstić information content (AvgIpc) is 3.08. The number of ether oxygens (including phenoxy) is 1. The molecule has 0 aliphatic carbocycles. The van der Waals surface area contributed by atoms with Crippen LogP contribution >= 0.6 is 0 Å². The highest BCUT2D eigenvalue weighted by molar-refractivity contribution is 5.89. The molecule has 0 aliphatic rings. The van der Waals surface area contributed by atoms with Gasteiger partial charge in [-0.25, -0.2) is 4.79 Å². The summed E-state index contributed by atoms with van der Waals surface area (Å²) in [7, 11) is 1.29. The number of benzene rings is 2. The second-order valence-corrected chi connectivity index (χ2v) is 4.84. The lowest BCUT2D eigenvalue weighted by atomic mass is 10.1. The minimum absolute atomic E-state index is 0.0487. The molecule has 1 aromatic heterocycles. The molecule has 0 spiro atoms. The third kappa shape index (κ3) is 2.72. The number of esters is 1. The molecule has 8 nitrogen and oxygen atoms in total. The molecule has 0 amide bonds. The second-order valence-electron chi connectivity index (χ2n) is 4.84. The van der Waals surface area contributed by atoms with Crippen molar-refractivity contribution in [3.8, 4) is 40.2 Å². The van der Waals surface area contributed by atoms with Gasteiger partial charge in [0, 0.05) is 11.1 Å². The Bertz CT molecular complexity index is 878. The maximum absolute atomic E-state index is 11.4. The van der Waals surface area contributed by atoms with E-state index in [-0.39, 0.29) is 17.3 Å². The van der Waals surface area contributed by atoms with E-state index in [0.29, 0.717) is 11.1 Å². The van der Waals surface area contributed by atoms with E-state index in [4.69, 9.17) is 4.42 Å². The van der Waals surface area contributed by atoms with Gasteiger partial charge in [-0.2, -0.15) is 0 Å². The highest BCUT2D eigenvalue weighted by Crippen LogP contribution is 2.38. The fraction of sp³-hybridized carbons (Fsp3) is 0.0625. The van der Waals surface area contributed by atoms with Gasteiger partial charge in [0.05, 0.1) is 12.7 Å². The molecule has 122 valence electrons. The lowest BCUT2D eigenvalue weighted by Gasteiger charge is -2.02. The van der Waals surface area contributed by atoms with E-state index in [1.54, 1.807) is 24.3 Å². The third-order valence-electron chi connectivity index (χ3n) is 3.29. The van der Waals surface area contributed by atoms with Gasteiger partial charge >= 0.3 is 5.97 Å². The Balaban J connectivity index is 1.92. The Morgan fingerprint density at radius 2 is 1.50 bits per heavy atom. The smallest absolute Gasteiger partial charge is 0.337 e. The van der Waals surface area contributed by atoms with Gasteiger partial charge in [0.25, 0.3) is 0 Å². The van der Waals surface area contributed by atoms with Crippen LogP contribution in [-0.4, -0.2) is 38.6 Å². The Hall–Kier alpha value is -3.55. The summed E-state index contributed by atoms with van der Waals surface area (Å²) < 4.78 is 10.1. The Morgan fingerprint density at radius 1 is 0.958 bits per heavy atom. The summed E-state index contributed by atoms with van der Waals surface area (Å²) in [6.07, 6.45) is 0. The highest BCUT2D eigenvalue weighted by atomic mass is 16.5. The number of hydrogen-bond donors (Lipinski definition) is 3. The zero-order valence-corrected chi connectivity index (χ0v) is 12.4. The molecular weight excluding hydrogens is 316 g/mol. The average molecular weight is 328 g/mol. The quantitative estimate of drug-likeness (QED) is 0.494. The highest BCUT2D eigenvalue weighted by Gasteiger charge is 2.15. The van der Waals surface area contributed by atoms with Crippen molar-refractivity contribution in [2.24, 2.45) is 0 Å². The van der Waals surface area contributed by atoms with E-state index < -0.39 is 23.2 Å². The van der Waals surface area contributed by atoms with Gasteiger partial charge in [-0.05, 0) is 36.4 Å². The maximum atomic E-state index is 11.4. The number of hydrogen-bond acceptors (Lipinski definition) is 8. The third-order valence-corrected chi connectivity index (χ3v) is 3.29. The standard InChI is InChI=1S/C16H12N2O6/c1-23-16(22)9-4-2-8(3-5-9)14-17-18-15(24-14)10-6-11(19)13(21)12(20)7-10/h2-7,19-21H,1H3. The van der Waals surface area contributed by atoms with Crippen LogP contribution < -0.4 is 0 Å². The summed E-state index contributed by atoms with van der Waals surface area (Å²) in [5.74, 6) is -1.86. The van der Waals surface area contributed by atoms with Gasteiger partial charge in [0.2, 0.25) is 11.8 Å². The molecule has 0 unspecified atom stereocenters. The predicted molar refractivity (Wildman–Crippen MR) is 81.5 cm³/mol. The number of rotatable bonds is 3. The summed E-state index contributed by atoms with van der Waals surface area (Å²) in [6.45, 7) is 0. The van der Waals surface area contributed by atoms with Crippen molar-refractivity contribution >= 4 is 5.97 Å². The van der Waals surface area contributed by atoms with Crippen LogP contribution in [0, 0.1) is 0 Å². The first-order chi connectivity index (χ1) is 11.5. The molecule has 3 rings (SSSR count). The monoisotopic (exact) mass is 328 g/mol. The van der Waals surface area contributed by atoms with Gasteiger partial charge in [0.1, 0.15) is 0 Å². The van der Waals surface area contributed by atoms with Gasteiger partial charge in [0.15, 0.2) is 17.2 Å². The molecule has 0 bridgehead atoms. The molecule has 0 saturated heterocycles. The lowest BCUT2D eigenvalue weighted by molar-refractivity contribution is 0.0600. The van der Waals surface area contributed by atoms with Crippen molar-refractivity contribution in [3.05, 3.63) is 42.0 Å². The number of carbonyl (C=O) groups is 1. The van der Waals surface area contributed by atoms with Crippen LogP contribution in [0.1, 0.15) is 10.4 Å². The molecule has 0 aliphatic heterocycles. The zero-order chi connectivity index (χ0) is 17.3. The van der Waals surface area contributed by atoms with Crippen LogP contribution in [0.2, 0.25) is 0 Å². The fourth-order valence-corrected chi connectivity index (χ4v) is 2.05. The minimum Gasteiger partial charge on any atom is -0.504 e. The van der Waals surface area contributed by atoms with E-state index in [9.17, 15) is 20.1 Å². The zero-order valence-electron chi connectivity index (χ0n) is 12.4. The van der Waals surface area contributed by atoms with Crippen molar-refractivity contribution in [2.75, 3.05) is 7.11 Å². The number of methoxy groups -OCH3 is 1. The molecular formula is C16H12N2O6. The summed E-state index contributed by atoms with van der Waals surface area (Å²) in [4.78, 5) is 11.4. The van der Waals surface area contributed by atoms with Crippen molar-refractivity contribution in [1.29, 1.82) is 0 Å². The summed E-state index contributed by atoms with van der Waals surface area (Å²) in [5, 5.41) is 36.1. The van der Waals surface area contributed by atoms with Gasteiger partial charge in [-0.15, -0.1) is 10.2 Å². The van der Waals surface area contributed by atoms with Crippen LogP contribution in [-0.2, 0) is 4.74 Å². The molecule has 8 heteroatoms. The maximum Gasteiger partial charge on any atom is 0.337 e. The molecule has 3 N–H and O–H groups in total. The molecule has 2 aromatic carbocycles. The Kier molecular flexibility index (Phi) is 3.78. The number of phenolic OH excluding ortho intramolecular Hbond substituents is 3. The van der Waals surface area contributed by atoms with E-state index in [1.807, 2.05) is 0 Å². The van der Waals surface area contributed by atoms with Crippen LogP contribution in [0.5, 0.6) is 17.2 Å². The predicted octanol–water partition coefficient (Wildman–Crippen LogP) is 2.31. The van der Waals surface area contributed by atoms with Crippen molar-refractivity contribution < 1.29 is 29.3 Å². The second kappa shape index (κ2) is 5.92. The van der Waals surface area contributed by atoms with E-state index in [0.717, 1.165) is 0 Å². The summed E-state index contributed by atoms with van der Waals surface area (Å²) in [6, 6.07) is 8.73. The van der Waals surface area contributed by atoms with Crippen molar-refractivity contribution in [2.45, 2.75) is 0 Å². The molecule has 24 heavy (non-hydrogen) atoms. The summed E-state index contributed by atoms with van der Waals surface area (Å²) >= 11 is 0. The normalized spacial score (nSPS) is 10.5. The number of phenols is 3. The van der Waals surface area contributed by atoms with Crippen LogP contribution in [0.3, 0.4) is 0 Å². The minimum atomic E-state index is -0.628. The van der Waals surface area contributed by atoms with Gasteiger partial charge in [-0.1, -0.05) is 0 Å². The Labute approximate surface area is 135 Å². The number of aromatic nitrogens is 2. The Morgan fingerprint density at radius 3 is 2.04 bits per heavy atom. The summed E-state index contributed by atoms with van der Waals surface area (Å²) in [5.41, 5.74) is 1.20. The number of nitrogens with zero attached hydrogens (tertiary/aromatic N) is 2. The first kappa shape index (κ1) is 15.3. The molecule has 0 atom stereocenters. The first-order valence-electron chi connectivity index (χ1n) is 6.77. The van der Waals surface area contributed by atoms with Gasteiger partial charge < -0.3 is 24.5 Å². The largest absolute Gasteiger partial charge is 0.504 e. The van der Waals surface area contributed by atoms with Crippen LogP contribution in [0.15, 0.2) is 40.8 Å².